The van der Waals surface area contributed by atoms with E-state index < -0.39 is 6.72 Å². The monoisotopic (exact) mass is 308 g/mol. The minimum atomic E-state index is -3.83. The van der Waals surface area contributed by atoms with Gasteiger partial charge in [-0.2, -0.15) is 9.67 Å². The molecular formula is C11H9N4O3PS. The fourth-order valence-electron chi connectivity index (χ4n) is 1.69. The van der Waals surface area contributed by atoms with Gasteiger partial charge in [-0.1, -0.05) is 18.2 Å². The summed E-state index contributed by atoms with van der Waals surface area (Å²) in [6.07, 6.45) is 1.36. The van der Waals surface area contributed by atoms with E-state index in [0.717, 1.165) is 10.9 Å². The van der Waals surface area contributed by atoms with E-state index in [1.165, 1.54) is 11.0 Å². The molecule has 3 rings (SSSR count). The second kappa shape index (κ2) is 4.92. The van der Waals surface area contributed by atoms with Crippen molar-refractivity contribution < 1.29 is 14.3 Å². The largest absolute Gasteiger partial charge is 0.388 e. The molecule has 0 amide bonds. The molecule has 0 fully saturated rings. The third-order valence-corrected chi connectivity index (χ3v) is 3.11. The van der Waals surface area contributed by atoms with Crippen molar-refractivity contribution >= 4 is 29.4 Å². The van der Waals surface area contributed by atoms with Crippen LogP contribution in [-0.4, -0.2) is 29.5 Å². The molecule has 0 atom stereocenters. The summed E-state index contributed by atoms with van der Waals surface area (Å²) < 4.78 is 6.03. The molecule has 0 spiro atoms. The van der Waals surface area contributed by atoms with Crippen molar-refractivity contribution in [1.82, 2.24) is 19.7 Å². The highest BCUT2D eigenvalue weighted by molar-refractivity contribution is 8.06. The minimum absolute atomic E-state index is 0.201. The van der Waals surface area contributed by atoms with Crippen LogP contribution in [0.15, 0.2) is 42.7 Å². The summed E-state index contributed by atoms with van der Waals surface area (Å²) in [5.74, 6) is 0.537. The first-order valence-corrected chi connectivity index (χ1v) is 8.17. The lowest BCUT2D eigenvalue weighted by Crippen LogP contribution is -1.99. The van der Waals surface area contributed by atoms with Gasteiger partial charge in [0.1, 0.15) is 6.33 Å². The molecule has 2 heterocycles. The topological polar surface area (TPSA) is 93.3 Å². The highest BCUT2D eigenvalue weighted by atomic mass is 32.5. The smallest absolute Gasteiger partial charge is 0.377 e. The molecule has 2 N–H and O–H groups in total. The molecule has 0 aliphatic carbocycles. The number of para-hydroxylation sites is 1. The number of fused-ring (bicyclic) bond motifs is 1. The standard InChI is InChI=1S/C11H9N4O3PS/c16-19(17,20)18-11-12-7-15(14-11)10-6-5-8-3-1-2-4-9(8)13-10/h1-7H,(H2,16,17,20). The van der Waals surface area contributed by atoms with E-state index in [9.17, 15) is 0 Å². The molecular weight excluding hydrogens is 299 g/mol. The van der Waals surface area contributed by atoms with Gasteiger partial charge >= 0.3 is 12.7 Å². The zero-order chi connectivity index (χ0) is 14.2. The van der Waals surface area contributed by atoms with E-state index in [1.807, 2.05) is 30.3 Å². The van der Waals surface area contributed by atoms with Crippen LogP contribution in [0.3, 0.4) is 0 Å². The quantitative estimate of drug-likeness (QED) is 0.706. The van der Waals surface area contributed by atoms with E-state index in [0.29, 0.717) is 5.82 Å². The average molecular weight is 308 g/mol. The van der Waals surface area contributed by atoms with Gasteiger partial charge in [0, 0.05) is 17.2 Å². The molecule has 102 valence electrons. The Hall–Kier alpha value is -1.86. The van der Waals surface area contributed by atoms with Crippen molar-refractivity contribution in [2.75, 3.05) is 0 Å². The summed E-state index contributed by atoms with van der Waals surface area (Å²) in [5.41, 5.74) is 0.817. The average Bonchev–Trinajstić information content (AvgIpc) is 2.84. The van der Waals surface area contributed by atoms with Crippen LogP contribution in [0.1, 0.15) is 0 Å². The lowest BCUT2D eigenvalue weighted by Gasteiger charge is -2.04. The Kier molecular flexibility index (Phi) is 3.23. The SMILES string of the molecule is OP(O)(=S)Oc1ncn(-c2ccc3ccccc3n2)n1. The molecule has 0 saturated heterocycles. The molecule has 0 radical (unpaired) electrons. The molecule has 3 aromatic rings. The van der Waals surface area contributed by atoms with Crippen LogP contribution in [0.25, 0.3) is 16.7 Å². The molecule has 9 heteroatoms. The summed E-state index contributed by atoms with van der Waals surface area (Å²) in [6.45, 7) is -3.83. The van der Waals surface area contributed by atoms with E-state index in [-0.39, 0.29) is 6.01 Å². The number of nitrogens with zero attached hydrogens (tertiary/aromatic N) is 4. The second-order valence-electron chi connectivity index (χ2n) is 3.92. The van der Waals surface area contributed by atoms with Crippen LogP contribution >= 0.6 is 6.72 Å². The fourth-order valence-corrected chi connectivity index (χ4v) is 2.19. The van der Waals surface area contributed by atoms with Crippen LogP contribution in [-0.2, 0) is 11.8 Å². The molecule has 0 unspecified atom stereocenters. The predicted octanol–water partition coefficient (Wildman–Crippen LogP) is 1.40. The highest BCUT2D eigenvalue weighted by Gasteiger charge is 2.14. The van der Waals surface area contributed by atoms with E-state index in [1.54, 1.807) is 6.07 Å². The number of rotatable bonds is 3. The van der Waals surface area contributed by atoms with Gasteiger partial charge in [0.15, 0.2) is 5.82 Å². The van der Waals surface area contributed by atoms with E-state index in [2.05, 4.69) is 31.4 Å². The second-order valence-corrected chi connectivity index (χ2v) is 6.51. The number of pyridine rings is 1. The Morgan fingerprint density at radius 3 is 2.75 bits per heavy atom. The maximum Gasteiger partial charge on any atom is 0.377 e. The zero-order valence-electron chi connectivity index (χ0n) is 9.99. The van der Waals surface area contributed by atoms with Crippen molar-refractivity contribution in [3.8, 4) is 11.8 Å². The summed E-state index contributed by atoms with van der Waals surface area (Å²) in [4.78, 5) is 26.3. The van der Waals surface area contributed by atoms with E-state index >= 15 is 0 Å². The maximum atomic E-state index is 9.05. The Balaban J connectivity index is 1.97. The van der Waals surface area contributed by atoms with Gasteiger partial charge in [0.25, 0.3) is 0 Å². The van der Waals surface area contributed by atoms with Crippen molar-refractivity contribution in [1.29, 1.82) is 0 Å². The molecule has 7 nitrogen and oxygen atoms in total. The van der Waals surface area contributed by atoms with Crippen LogP contribution in [0.4, 0.5) is 0 Å². The van der Waals surface area contributed by atoms with Crippen molar-refractivity contribution in [3.05, 3.63) is 42.7 Å². The van der Waals surface area contributed by atoms with Gasteiger partial charge in [-0.3, -0.25) is 0 Å². The Labute approximate surface area is 118 Å². The molecule has 0 bridgehead atoms. The normalized spacial score (nSPS) is 11.7. The molecule has 1 aromatic carbocycles. The number of hydrogen-bond acceptors (Lipinski definition) is 5. The fraction of sp³-hybridized carbons (Fsp3) is 0. The van der Waals surface area contributed by atoms with Crippen LogP contribution in [0.2, 0.25) is 0 Å². The highest BCUT2D eigenvalue weighted by Crippen LogP contribution is 2.36. The Morgan fingerprint density at radius 1 is 1.15 bits per heavy atom. The van der Waals surface area contributed by atoms with Gasteiger partial charge in [-0.15, -0.1) is 5.10 Å². The van der Waals surface area contributed by atoms with Crippen molar-refractivity contribution in [2.24, 2.45) is 0 Å². The van der Waals surface area contributed by atoms with Crippen LogP contribution < -0.4 is 4.52 Å². The van der Waals surface area contributed by atoms with Gasteiger partial charge in [-0.05, 0) is 18.2 Å². The van der Waals surface area contributed by atoms with Gasteiger partial charge in [-0.25, -0.2) is 4.98 Å². The summed E-state index contributed by atoms with van der Waals surface area (Å²) in [7, 11) is 0. The van der Waals surface area contributed by atoms with Crippen molar-refractivity contribution in [3.63, 3.8) is 0 Å². The third-order valence-electron chi connectivity index (χ3n) is 2.49. The first-order valence-electron chi connectivity index (χ1n) is 5.54. The molecule has 0 saturated carbocycles. The molecule has 2 aromatic heterocycles. The minimum Gasteiger partial charge on any atom is -0.388 e. The first-order chi connectivity index (χ1) is 9.51. The summed E-state index contributed by atoms with van der Waals surface area (Å²) in [6, 6.07) is 11.1. The first kappa shape index (κ1) is 13.1. The van der Waals surface area contributed by atoms with Crippen LogP contribution in [0, 0.1) is 0 Å². The third kappa shape index (κ3) is 2.83. The van der Waals surface area contributed by atoms with Gasteiger partial charge in [0.2, 0.25) is 0 Å². The molecule has 0 aliphatic heterocycles. The van der Waals surface area contributed by atoms with Crippen molar-refractivity contribution in [2.45, 2.75) is 0 Å². The number of hydrogen-bond donors (Lipinski definition) is 2. The summed E-state index contributed by atoms with van der Waals surface area (Å²) in [5, 5.41) is 4.94. The summed E-state index contributed by atoms with van der Waals surface area (Å²) >= 11 is 4.35. The maximum absolute atomic E-state index is 9.05. The lowest BCUT2D eigenvalue weighted by atomic mass is 10.2. The zero-order valence-corrected chi connectivity index (χ0v) is 11.7. The molecule has 20 heavy (non-hydrogen) atoms. The van der Waals surface area contributed by atoms with Crippen LogP contribution in [0.5, 0.6) is 6.01 Å². The lowest BCUT2D eigenvalue weighted by molar-refractivity contribution is 0.357. The van der Waals surface area contributed by atoms with Gasteiger partial charge < -0.3 is 14.3 Å². The Bertz CT molecular complexity index is 816. The Morgan fingerprint density at radius 2 is 1.95 bits per heavy atom. The predicted molar refractivity (Wildman–Crippen MR) is 76.0 cm³/mol. The van der Waals surface area contributed by atoms with Gasteiger partial charge in [0.05, 0.1) is 5.52 Å². The molecule has 0 aliphatic rings. The number of benzene rings is 1. The van der Waals surface area contributed by atoms with E-state index in [4.69, 9.17) is 9.79 Å². The number of aromatic nitrogens is 4.